The number of nitro benzene ring substituents is 1. The zero-order valence-corrected chi connectivity index (χ0v) is 13.8. The van der Waals surface area contributed by atoms with Crippen LogP contribution in [0.1, 0.15) is 19.8 Å². The Hall–Kier alpha value is -1.81. The molecule has 0 spiro atoms. The third-order valence-corrected chi connectivity index (χ3v) is 5.39. The summed E-state index contributed by atoms with van der Waals surface area (Å²) in [6.07, 6.45) is 1.80. The van der Waals surface area contributed by atoms with E-state index < -0.39 is 31.1 Å². The predicted octanol–water partition coefficient (Wildman–Crippen LogP) is 2.82. The second kappa shape index (κ2) is 7.39. The van der Waals surface area contributed by atoms with E-state index in [0.29, 0.717) is 19.3 Å². The van der Waals surface area contributed by atoms with Crippen LogP contribution >= 0.6 is 0 Å². The first-order valence-electron chi connectivity index (χ1n) is 7.38. The Morgan fingerprint density at radius 1 is 1.42 bits per heavy atom. The number of nitrogens with zero attached hydrogens (tertiary/aromatic N) is 1. The van der Waals surface area contributed by atoms with Crippen molar-refractivity contribution in [3.8, 4) is 0 Å². The molecule has 1 saturated heterocycles. The van der Waals surface area contributed by atoms with E-state index in [-0.39, 0.29) is 17.6 Å². The topological polar surface area (TPSA) is 98.5 Å². The van der Waals surface area contributed by atoms with Gasteiger partial charge in [-0.05, 0) is 31.9 Å². The van der Waals surface area contributed by atoms with Crippen LogP contribution in [0.4, 0.5) is 20.2 Å². The van der Waals surface area contributed by atoms with Crippen molar-refractivity contribution in [2.75, 3.05) is 18.5 Å². The smallest absolute Gasteiger partial charge is 0.341 e. The van der Waals surface area contributed by atoms with Gasteiger partial charge in [0.25, 0.3) is 5.69 Å². The van der Waals surface area contributed by atoms with E-state index >= 15 is 0 Å². The van der Waals surface area contributed by atoms with Gasteiger partial charge in [0.05, 0.1) is 16.4 Å². The molecule has 1 aromatic carbocycles. The molecule has 7 nitrogen and oxygen atoms in total. The first-order chi connectivity index (χ1) is 11.2. The zero-order valence-electron chi connectivity index (χ0n) is 12.9. The number of alkyl halides is 2. The molecule has 0 bridgehead atoms. The Balaban J connectivity index is 2.28. The van der Waals surface area contributed by atoms with Crippen molar-refractivity contribution in [1.29, 1.82) is 0 Å². The lowest BCUT2D eigenvalue weighted by Crippen LogP contribution is -2.32. The van der Waals surface area contributed by atoms with Crippen LogP contribution < -0.4 is 5.32 Å². The van der Waals surface area contributed by atoms with Crippen LogP contribution in [-0.2, 0) is 14.6 Å². The number of halogens is 2. The van der Waals surface area contributed by atoms with Crippen molar-refractivity contribution >= 4 is 21.2 Å². The van der Waals surface area contributed by atoms with Gasteiger partial charge in [-0.3, -0.25) is 10.1 Å². The van der Waals surface area contributed by atoms with Gasteiger partial charge in [0.2, 0.25) is 9.84 Å². The fourth-order valence-corrected chi connectivity index (χ4v) is 3.33. The van der Waals surface area contributed by atoms with Gasteiger partial charge in [-0.1, -0.05) is 0 Å². The van der Waals surface area contributed by atoms with E-state index in [1.54, 1.807) is 0 Å². The summed E-state index contributed by atoms with van der Waals surface area (Å²) in [5.41, 5.74) is -0.466. The van der Waals surface area contributed by atoms with Crippen molar-refractivity contribution in [3.05, 3.63) is 28.3 Å². The fraction of sp³-hybridized carbons (Fsp3) is 0.571. The highest BCUT2D eigenvalue weighted by atomic mass is 32.2. The number of ether oxygens (including phenoxy) is 1. The molecule has 1 fully saturated rings. The lowest BCUT2D eigenvalue weighted by Gasteiger charge is -2.28. The minimum atomic E-state index is -4.88. The van der Waals surface area contributed by atoms with Gasteiger partial charge in [0, 0.05) is 24.6 Å². The highest BCUT2D eigenvalue weighted by Crippen LogP contribution is 2.31. The fourth-order valence-electron chi connectivity index (χ4n) is 2.59. The van der Waals surface area contributed by atoms with Gasteiger partial charge < -0.3 is 10.1 Å². The average molecular weight is 364 g/mol. The number of nitrogens with one attached hydrogen (secondary N) is 1. The molecule has 2 rings (SSSR count). The molecule has 0 saturated carbocycles. The van der Waals surface area contributed by atoms with E-state index in [0.717, 1.165) is 25.0 Å². The predicted molar refractivity (Wildman–Crippen MR) is 82.9 cm³/mol. The Bertz CT molecular complexity index is 705. The molecule has 0 amide bonds. The van der Waals surface area contributed by atoms with E-state index in [2.05, 4.69) is 5.32 Å². The molecular weight excluding hydrogens is 346 g/mol. The third-order valence-electron chi connectivity index (χ3n) is 4.01. The van der Waals surface area contributed by atoms with Crippen molar-refractivity contribution in [3.63, 3.8) is 0 Å². The van der Waals surface area contributed by atoms with Crippen molar-refractivity contribution in [2.45, 2.75) is 36.5 Å². The Morgan fingerprint density at radius 3 is 2.67 bits per heavy atom. The molecule has 0 aliphatic carbocycles. The molecule has 134 valence electrons. The standard InChI is InChI=1S/C14H18F2N2O5S/c1-9(10-3-2-6-23-8-10)17-12-5-4-11(7-13(12)18(19)20)24(21,22)14(15)16/h4-5,7,9-10,14,17H,2-3,6,8H2,1H3/t9-,10+/m1/s1. The second-order valence-electron chi connectivity index (χ2n) is 5.65. The maximum atomic E-state index is 12.6. The number of hydrogen-bond donors (Lipinski definition) is 1. The summed E-state index contributed by atoms with van der Waals surface area (Å²) in [7, 11) is -4.88. The van der Waals surface area contributed by atoms with Crippen molar-refractivity contribution < 1.29 is 26.9 Å². The van der Waals surface area contributed by atoms with E-state index in [9.17, 15) is 27.3 Å². The average Bonchev–Trinajstić information content (AvgIpc) is 2.55. The largest absolute Gasteiger partial charge is 0.381 e. The summed E-state index contributed by atoms with van der Waals surface area (Å²) in [5, 5.41) is 14.2. The highest BCUT2D eigenvalue weighted by molar-refractivity contribution is 7.91. The molecule has 1 N–H and O–H groups in total. The summed E-state index contributed by atoms with van der Waals surface area (Å²) in [6, 6.07) is 2.60. The summed E-state index contributed by atoms with van der Waals surface area (Å²) >= 11 is 0. The van der Waals surface area contributed by atoms with Gasteiger partial charge >= 0.3 is 5.76 Å². The summed E-state index contributed by atoms with van der Waals surface area (Å²) < 4.78 is 53.5. The first kappa shape index (κ1) is 18.5. The Morgan fingerprint density at radius 2 is 2.12 bits per heavy atom. The summed E-state index contributed by atoms with van der Waals surface area (Å²) in [6.45, 7) is 3.05. The molecule has 10 heteroatoms. The molecule has 24 heavy (non-hydrogen) atoms. The number of nitro groups is 1. The summed E-state index contributed by atoms with van der Waals surface area (Å²) in [5.74, 6) is -3.47. The first-order valence-corrected chi connectivity index (χ1v) is 8.93. The van der Waals surface area contributed by atoms with Crippen LogP contribution in [0.5, 0.6) is 0 Å². The zero-order chi connectivity index (χ0) is 17.9. The number of anilines is 1. The lowest BCUT2D eigenvalue weighted by molar-refractivity contribution is -0.384. The molecule has 0 radical (unpaired) electrons. The molecule has 1 heterocycles. The minimum Gasteiger partial charge on any atom is -0.381 e. The number of sulfone groups is 1. The monoisotopic (exact) mass is 364 g/mol. The normalized spacial score (nSPS) is 19.9. The maximum absolute atomic E-state index is 12.6. The van der Waals surface area contributed by atoms with Crippen LogP contribution in [0.2, 0.25) is 0 Å². The quantitative estimate of drug-likeness (QED) is 0.616. The van der Waals surface area contributed by atoms with E-state index in [1.807, 2.05) is 6.92 Å². The Kier molecular flexibility index (Phi) is 5.70. The lowest BCUT2D eigenvalue weighted by atomic mass is 9.94. The minimum absolute atomic E-state index is 0.0892. The van der Waals surface area contributed by atoms with Gasteiger partial charge in [0.15, 0.2) is 0 Å². The van der Waals surface area contributed by atoms with E-state index in [1.165, 1.54) is 0 Å². The van der Waals surface area contributed by atoms with Gasteiger partial charge in [-0.15, -0.1) is 0 Å². The van der Waals surface area contributed by atoms with Gasteiger partial charge in [0.1, 0.15) is 5.69 Å². The number of hydrogen-bond acceptors (Lipinski definition) is 6. The molecule has 2 atom stereocenters. The van der Waals surface area contributed by atoms with Crippen molar-refractivity contribution in [1.82, 2.24) is 0 Å². The molecule has 1 aromatic rings. The van der Waals surface area contributed by atoms with Crippen molar-refractivity contribution in [2.24, 2.45) is 5.92 Å². The molecule has 0 unspecified atom stereocenters. The number of rotatable bonds is 6. The van der Waals surface area contributed by atoms with Crippen LogP contribution in [0.15, 0.2) is 23.1 Å². The van der Waals surface area contributed by atoms with Gasteiger partial charge in [-0.25, -0.2) is 8.42 Å². The maximum Gasteiger partial charge on any atom is 0.341 e. The van der Waals surface area contributed by atoms with Gasteiger partial charge in [-0.2, -0.15) is 8.78 Å². The Labute approximate surface area is 138 Å². The van der Waals surface area contributed by atoms with E-state index in [4.69, 9.17) is 4.74 Å². The van der Waals surface area contributed by atoms with Crippen LogP contribution in [0.3, 0.4) is 0 Å². The highest BCUT2D eigenvalue weighted by Gasteiger charge is 2.30. The van der Waals surface area contributed by atoms with Crippen LogP contribution in [0.25, 0.3) is 0 Å². The van der Waals surface area contributed by atoms with Crippen LogP contribution in [-0.4, -0.2) is 38.4 Å². The van der Waals surface area contributed by atoms with Crippen LogP contribution in [0, 0.1) is 16.0 Å². The third kappa shape index (κ3) is 3.99. The molecule has 1 aliphatic heterocycles. The summed E-state index contributed by atoms with van der Waals surface area (Å²) in [4.78, 5) is 9.62. The second-order valence-corrected chi connectivity index (χ2v) is 7.57. The molecule has 0 aromatic heterocycles. The molecular formula is C14H18F2N2O5S. The number of benzene rings is 1. The molecule has 1 aliphatic rings. The SMILES string of the molecule is C[C@@H](Nc1ccc(S(=O)(=O)C(F)F)cc1[N+](=O)[O-])[C@H]1CCCOC1.